The highest BCUT2D eigenvalue weighted by Gasteiger charge is 2.16. The van der Waals surface area contributed by atoms with Gasteiger partial charge in [-0.1, -0.05) is 0 Å². The number of halogens is 1. The van der Waals surface area contributed by atoms with E-state index in [-0.39, 0.29) is 18.3 Å². The minimum absolute atomic E-state index is 0. The lowest BCUT2D eigenvalue weighted by atomic mass is 10.2. The molecular weight excluding hydrogens is 232 g/mol. The van der Waals surface area contributed by atoms with Gasteiger partial charge in [0.25, 0.3) is 0 Å². The van der Waals surface area contributed by atoms with Crippen molar-refractivity contribution in [3.63, 3.8) is 0 Å². The molecule has 1 amide bonds. The highest BCUT2D eigenvalue weighted by molar-refractivity contribution is 7.07. The van der Waals surface area contributed by atoms with Crippen LogP contribution in [0.5, 0.6) is 0 Å². The van der Waals surface area contributed by atoms with E-state index in [0.717, 1.165) is 25.1 Å². The molecular formula is C10H15ClN2OS. The number of hydrogen-bond acceptors (Lipinski definition) is 3. The predicted octanol–water partition coefficient (Wildman–Crippen LogP) is 1.19. The molecule has 1 aromatic heterocycles. The van der Waals surface area contributed by atoms with Crippen molar-refractivity contribution in [2.75, 3.05) is 13.1 Å². The molecule has 2 N–H and O–H groups in total. The van der Waals surface area contributed by atoms with Crippen LogP contribution in [0.15, 0.2) is 16.8 Å². The fourth-order valence-electron chi connectivity index (χ4n) is 1.64. The molecule has 3 nitrogen and oxygen atoms in total. The predicted molar refractivity (Wildman–Crippen MR) is 64.7 cm³/mol. The van der Waals surface area contributed by atoms with Crippen LogP contribution >= 0.6 is 23.7 Å². The fourth-order valence-corrected chi connectivity index (χ4v) is 2.30. The van der Waals surface area contributed by atoms with Crippen molar-refractivity contribution in [2.45, 2.75) is 18.9 Å². The number of carbonyl (C=O) groups excluding carboxylic acids is 1. The molecule has 1 aliphatic rings. The zero-order valence-corrected chi connectivity index (χ0v) is 10.00. The van der Waals surface area contributed by atoms with Gasteiger partial charge in [-0.2, -0.15) is 11.3 Å². The summed E-state index contributed by atoms with van der Waals surface area (Å²) in [4.78, 5) is 11.5. The van der Waals surface area contributed by atoms with Crippen LogP contribution in [-0.2, 0) is 11.2 Å². The second kappa shape index (κ2) is 6.10. The molecule has 15 heavy (non-hydrogen) atoms. The van der Waals surface area contributed by atoms with E-state index < -0.39 is 0 Å². The number of rotatable bonds is 3. The lowest BCUT2D eigenvalue weighted by molar-refractivity contribution is -0.121. The van der Waals surface area contributed by atoms with Gasteiger partial charge in [-0.3, -0.25) is 4.79 Å². The van der Waals surface area contributed by atoms with Crippen molar-refractivity contribution in [1.29, 1.82) is 0 Å². The first-order chi connectivity index (χ1) is 6.84. The summed E-state index contributed by atoms with van der Waals surface area (Å²) in [5.74, 6) is 0.136. The molecule has 5 heteroatoms. The normalized spacial score (nSPS) is 19.6. The molecule has 0 spiro atoms. The van der Waals surface area contributed by atoms with Crippen molar-refractivity contribution in [2.24, 2.45) is 0 Å². The average Bonchev–Trinajstić information content (AvgIpc) is 2.76. The summed E-state index contributed by atoms with van der Waals surface area (Å²) in [6.45, 7) is 1.93. The van der Waals surface area contributed by atoms with Crippen molar-refractivity contribution in [1.82, 2.24) is 10.6 Å². The first-order valence-corrected chi connectivity index (χ1v) is 5.80. The van der Waals surface area contributed by atoms with Crippen LogP contribution in [0.4, 0.5) is 0 Å². The Kier molecular flexibility index (Phi) is 5.08. The molecule has 1 fully saturated rings. The molecule has 1 atom stereocenters. The third-order valence-corrected chi connectivity index (χ3v) is 3.10. The van der Waals surface area contributed by atoms with Gasteiger partial charge in [-0.05, 0) is 35.4 Å². The van der Waals surface area contributed by atoms with Gasteiger partial charge in [0.15, 0.2) is 0 Å². The van der Waals surface area contributed by atoms with Crippen molar-refractivity contribution in [3.8, 4) is 0 Å². The molecule has 0 radical (unpaired) electrons. The monoisotopic (exact) mass is 246 g/mol. The summed E-state index contributed by atoms with van der Waals surface area (Å²) in [5, 5.41) is 10.3. The Bertz CT molecular complexity index is 296. The number of hydrogen-bond donors (Lipinski definition) is 2. The van der Waals surface area contributed by atoms with E-state index in [1.165, 1.54) is 0 Å². The summed E-state index contributed by atoms with van der Waals surface area (Å²) >= 11 is 1.63. The Morgan fingerprint density at radius 2 is 2.53 bits per heavy atom. The smallest absolute Gasteiger partial charge is 0.224 e. The second-order valence-electron chi connectivity index (χ2n) is 3.57. The Balaban J connectivity index is 0.00000112. The van der Waals surface area contributed by atoms with Gasteiger partial charge in [-0.25, -0.2) is 0 Å². The molecule has 84 valence electrons. The average molecular weight is 247 g/mol. The molecule has 0 unspecified atom stereocenters. The summed E-state index contributed by atoms with van der Waals surface area (Å²) in [7, 11) is 0. The lowest BCUT2D eigenvalue weighted by Crippen LogP contribution is -2.37. The van der Waals surface area contributed by atoms with Gasteiger partial charge < -0.3 is 10.6 Å². The van der Waals surface area contributed by atoms with Crippen LogP contribution in [0, 0.1) is 0 Å². The first kappa shape index (κ1) is 12.5. The molecule has 1 aromatic rings. The van der Waals surface area contributed by atoms with Crippen LogP contribution in [0.25, 0.3) is 0 Å². The van der Waals surface area contributed by atoms with Gasteiger partial charge in [-0.15, -0.1) is 12.4 Å². The molecule has 2 heterocycles. The van der Waals surface area contributed by atoms with Crippen molar-refractivity contribution in [3.05, 3.63) is 22.4 Å². The topological polar surface area (TPSA) is 41.1 Å². The number of nitrogens with one attached hydrogen (secondary N) is 2. The van der Waals surface area contributed by atoms with E-state index in [9.17, 15) is 4.79 Å². The molecule has 0 bridgehead atoms. The minimum Gasteiger partial charge on any atom is -0.352 e. The summed E-state index contributed by atoms with van der Waals surface area (Å²) < 4.78 is 0. The lowest BCUT2D eigenvalue weighted by Gasteiger charge is -2.10. The number of amides is 1. The zero-order chi connectivity index (χ0) is 9.80. The van der Waals surface area contributed by atoms with Gasteiger partial charge in [0.2, 0.25) is 5.91 Å². The third-order valence-electron chi connectivity index (χ3n) is 2.37. The van der Waals surface area contributed by atoms with Gasteiger partial charge in [0.05, 0.1) is 6.42 Å². The summed E-state index contributed by atoms with van der Waals surface area (Å²) in [6, 6.07) is 2.33. The Labute approximate surface area is 99.7 Å². The molecule has 1 saturated heterocycles. The molecule has 0 aromatic carbocycles. The number of thiophene rings is 1. The van der Waals surface area contributed by atoms with Crippen LogP contribution in [-0.4, -0.2) is 25.0 Å². The highest BCUT2D eigenvalue weighted by atomic mass is 35.5. The quantitative estimate of drug-likeness (QED) is 0.841. The number of carbonyl (C=O) groups is 1. The Morgan fingerprint density at radius 1 is 1.67 bits per heavy atom. The van der Waals surface area contributed by atoms with Crippen LogP contribution in [0.2, 0.25) is 0 Å². The SMILES string of the molecule is Cl.O=C(Cc1ccsc1)N[C@H]1CCNC1. The maximum Gasteiger partial charge on any atom is 0.224 e. The second-order valence-corrected chi connectivity index (χ2v) is 4.35. The van der Waals surface area contributed by atoms with E-state index in [0.29, 0.717) is 12.5 Å². The van der Waals surface area contributed by atoms with Gasteiger partial charge in [0.1, 0.15) is 0 Å². The molecule has 0 aliphatic carbocycles. The van der Waals surface area contributed by atoms with Gasteiger partial charge in [0, 0.05) is 12.6 Å². The molecule has 2 rings (SSSR count). The van der Waals surface area contributed by atoms with Crippen molar-refractivity contribution >= 4 is 29.7 Å². The van der Waals surface area contributed by atoms with Crippen molar-refractivity contribution < 1.29 is 4.79 Å². The largest absolute Gasteiger partial charge is 0.352 e. The minimum atomic E-state index is 0. The summed E-state index contributed by atoms with van der Waals surface area (Å²) in [5.41, 5.74) is 1.11. The highest BCUT2D eigenvalue weighted by Crippen LogP contribution is 2.07. The maximum atomic E-state index is 11.5. The molecule has 0 saturated carbocycles. The van der Waals surface area contributed by atoms with Crippen LogP contribution in [0.3, 0.4) is 0 Å². The standard InChI is InChI=1S/C10H14N2OS.ClH/c13-10(5-8-2-4-14-7-8)12-9-1-3-11-6-9;/h2,4,7,9,11H,1,3,5-6H2,(H,12,13);1H/t9-;/m0./s1. The zero-order valence-electron chi connectivity index (χ0n) is 8.36. The van der Waals surface area contributed by atoms with Crippen LogP contribution in [0.1, 0.15) is 12.0 Å². The third kappa shape index (κ3) is 3.81. The van der Waals surface area contributed by atoms with E-state index in [2.05, 4.69) is 10.6 Å². The maximum absolute atomic E-state index is 11.5. The fraction of sp³-hybridized carbons (Fsp3) is 0.500. The van der Waals surface area contributed by atoms with E-state index in [1.54, 1.807) is 11.3 Å². The Morgan fingerprint density at radius 3 is 3.13 bits per heavy atom. The van der Waals surface area contributed by atoms with E-state index in [1.807, 2.05) is 16.8 Å². The van der Waals surface area contributed by atoms with Crippen LogP contribution < -0.4 is 10.6 Å². The summed E-state index contributed by atoms with van der Waals surface area (Å²) in [6.07, 6.45) is 1.56. The molecule has 1 aliphatic heterocycles. The first-order valence-electron chi connectivity index (χ1n) is 4.86. The van der Waals surface area contributed by atoms with Gasteiger partial charge >= 0.3 is 0 Å². The van der Waals surface area contributed by atoms with E-state index >= 15 is 0 Å². The Hall–Kier alpha value is -0.580. The van der Waals surface area contributed by atoms with E-state index in [4.69, 9.17) is 0 Å².